The number of hydrogen-bond acceptors (Lipinski definition) is 12. The molecule has 15 heteroatoms. The molecule has 0 amide bonds. The van der Waals surface area contributed by atoms with E-state index in [1.165, 1.54) is 0 Å². The third-order valence-electron chi connectivity index (χ3n) is 5.02. The Bertz CT molecular complexity index is 744. The fourth-order valence-electron chi connectivity index (χ4n) is 3.34. The normalized spacial score (nSPS) is 36.5. The summed E-state index contributed by atoms with van der Waals surface area (Å²) in [6, 6.07) is -1.17. The molecule has 0 spiro atoms. The molecule has 8 atom stereocenters. The molecule has 0 aliphatic carbocycles. The molecule has 0 unspecified atom stereocenters. The van der Waals surface area contributed by atoms with Crippen LogP contribution in [-0.2, 0) is 33.6 Å². The summed E-state index contributed by atoms with van der Waals surface area (Å²) < 4.78 is 50.2. The van der Waals surface area contributed by atoms with Gasteiger partial charge in [-0.1, -0.05) is 0 Å². The average Bonchev–Trinajstić information content (AvgIpc) is 2.68. The topological polar surface area (TPSA) is 236 Å². The van der Waals surface area contributed by atoms with Gasteiger partial charge in [-0.05, 0) is 12.5 Å². The first kappa shape index (κ1) is 25.9. The Morgan fingerprint density at radius 2 is 1.74 bits per heavy atom. The molecule has 0 saturated carbocycles. The second-order valence-electron chi connectivity index (χ2n) is 7.17. The van der Waals surface area contributed by atoms with Gasteiger partial charge in [0.05, 0.1) is 31.5 Å². The number of ether oxygens (including phenoxy) is 3. The minimum atomic E-state index is -4.77. The van der Waals surface area contributed by atoms with Crippen LogP contribution in [0.25, 0.3) is 0 Å². The lowest BCUT2D eigenvalue weighted by Crippen LogP contribution is -2.59. The van der Waals surface area contributed by atoms with Gasteiger partial charge >= 0.3 is 16.4 Å². The lowest BCUT2D eigenvalue weighted by atomic mass is 9.86. The molecule has 0 aromatic rings. The van der Waals surface area contributed by atoms with Crippen LogP contribution in [0.5, 0.6) is 0 Å². The highest BCUT2D eigenvalue weighted by Crippen LogP contribution is 2.28. The van der Waals surface area contributed by atoms with Gasteiger partial charge in [-0.3, -0.25) is 4.55 Å². The quantitative estimate of drug-likeness (QED) is 0.122. The highest BCUT2D eigenvalue weighted by atomic mass is 32.3. The Hall–Kier alpha value is -1.40. The van der Waals surface area contributed by atoms with Crippen LogP contribution in [0.3, 0.4) is 0 Å². The van der Waals surface area contributed by atoms with Crippen molar-refractivity contribution in [3.8, 4) is 0 Å². The Morgan fingerprint density at radius 1 is 1.10 bits per heavy atom. The monoisotopic (exact) mass is 473 g/mol. The maximum Gasteiger partial charge on any atom is 0.397 e. The molecule has 2 rings (SSSR count). The Labute approximate surface area is 177 Å². The van der Waals surface area contributed by atoms with E-state index in [9.17, 15) is 33.6 Å². The van der Waals surface area contributed by atoms with E-state index >= 15 is 0 Å². The molecule has 0 radical (unpaired) electrons. The number of carboxylic acid groups (broad SMARTS) is 1. The van der Waals surface area contributed by atoms with Crippen molar-refractivity contribution in [2.45, 2.75) is 55.7 Å². The highest BCUT2D eigenvalue weighted by molar-refractivity contribution is 7.80. The number of aliphatic hydroxyl groups is 4. The fourth-order valence-corrected chi connectivity index (χ4v) is 3.64. The largest absolute Gasteiger partial charge is 0.480 e. The zero-order valence-corrected chi connectivity index (χ0v) is 17.1. The van der Waals surface area contributed by atoms with Crippen LogP contribution in [0.15, 0.2) is 11.8 Å². The molecule has 2 aliphatic rings. The van der Waals surface area contributed by atoms with Gasteiger partial charge in [0.25, 0.3) is 0 Å². The van der Waals surface area contributed by atoms with Crippen LogP contribution in [0.2, 0.25) is 0 Å². The molecule has 180 valence electrons. The molecule has 1 fully saturated rings. The highest BCUT2D eigenvalue weighted by Gasteiger charge is 2.43. The van der Waals surface area contributed by atoms with E-state index in [0.29, 0.717) is 0 Å². The lowest BCUT2D eigenvalue weighted by molar-refractivity contribution is -0.233. The summed E-state index contributed by atoms with van der Waals surface area (Å²) in [7, 11) is -4.77. The molecule has 0 bridgehead atoms. The Morgan fingerprint density at radius 3 is 2.35 bits per heavy atom. The number of aliphatic carboxylic acids is 1. The third-order valence-corrected chi connectivity index (χ3v) is 5.45. The van der Waals surface area contributed by atoms with Crippen molar-refractivity contribution in [2.75, 3.05) is 19.8 Å². The number of aliphatic hydroxyl groups excluding tert-OH is 4. The Kier molecular flexibility index (Phi) is 9.14. The molecule has 14 nitrogen and oxygen atoms in total. The molecule has 0 aromatic heterocycles. The van der Waals surface area contributed by atoms with Crippen LogP contribution < -0.4 is 5.73 Å². The van der Waals surface area contributed by atoms with Gasteiger partial charge in [-0.2, -0.15) is 8.42 Å². The van der Waals surface area contributed by atoms with E-state index in [-0.39, 0.29) is 26.1 Å². The fraction of sp³-hybridized carbons (Fsp3) is 0.812. The van der Waals surface area contributed by atoms with Crippen LogP contribution in [0.4, 0.5) is 0 Å². The standard InChI is InChI=1S/C16H27NO13S/c17-12-13(19)7(11(30-16(12)23)6-28-31(24,25)26)1-3-27-4-2-9-14(20)8(18)5-10(29-9)15(21)22/h5,7-9,11-14,16,18-20,23H,1-4,6,17H2,(H,21,22)(H,24,25,26)/t7-,8+,9+,11-,12-,13+,14-,16+/m1/s1. The van der Waals surface area contributed by atoms with Crippen molar-refractivity contribution in [2.24, 2.45) is 11.7 Å². The van der Waals surface area contributed by atoms with Crippen LogP contribution in [-0.4, -0.2) is 107 Å². The number of rotatable bonds is 10. The maximum atomic E-state index is 11.0. The number of nitrogens with two attached hydrogens (primary N) is 1. The molecule has 0 aromatic carbocycles. The summed E-state index contributed by atoms with van der Waals surface area (Å²) in [5, 5.41) is 48.6. The van der Waals surface area contributed by atoms with E-state index in [4.69, 9.17) is 29.6 Å². The molecular formula is C16H27NO13S. The number of carbonyl (C=O) groups is 1. The van der Waals surface area contributed by atoms with Crippen molar-refractivity contribution < 1.29 is 61.7 Å². The van der Waals surface area contributed by atoms with Crippen molar-refractivity contribution in [3.63, 3.8) is 0 Å². The minimum Gasteiger partial charge on any atom is -0.480 e. The summed E-state index contributed by atoms with van der Waals surface area (Å²) in [4.78, 5) is 11.0. The summed E-state index contributed by atoms with van der Waals surface area (Å²) in [5.74, 6) is -2.68. The van der Waals surface area contributed by atoms with Gasteiger partial charge in [0.2, 0.25) is 5.76 Å². The maximum absolute atomic E-state index is 11.0. The van der Waals surface area contributed by atoms with Crippen LogP contribution >= 0.6 is 0 Å². The molecule has 2 aliphatic heterocycles. The van der Waals surface area contributed by atoms with Gasteiger partial charge in [0, 0.05) is 18.9 Å². The van der Waals surface area contributed by atoms with Crippen LogP contribution in [0, 0.1) is 5.92 Å². The van der Waals surface area contributed by atoms with Gasteiger partial charge in [-0.25, -0.2) is 8.98 Å². The SMILES string of the molecule is N[C@@H]1[C@@H](O)[C@H](CCOCC[C@@H]2OC(C(=O)O)=C[C@H](O)[C@H]2O)[C@@H](COS(=O)(=O)O)O[C@@H]1O. The van der Waals surface area contributed by atoms with Gasteiger partial charge in [-0.15, -0.1) is 0 Å². The molecule has 8 N–H and O–H groups in total. The van der Waals surface area contributed by atoms with E-state index in [2.05, 4.69) is 4.18 Å². The van der Waals surface area contributed by atoms with Gasteiger partial charge in [0.1, 0.15) is 18.3 Å². The second kappa shape index (κ2) is 11.0. The van der Waals surface area contributed by atoms with E-state index < -0.39 is 77.5 Å². The van der Waals surface area contributed by atoms with E-state index in [0.717, 1.165) is 6.08 Å². The summed E-state index contributed by atoms with van der Waals surface area (Å²) in [6.07, 6.45) is -6.72. The van der Waals surface area contributed by atoms with Crippen molar-refractivity contribution >= 4 is 16.4 Å². The zero-order valence-electron chi connectivity index (χ0n) is 16.3. The molecule has 31 heavy (non-hydrogen) atoms. The summed E-state index contributed by atoms with van der Waals surface area (Å²) >= 11 is 0. The first-order valence-electron chi connectivity index (χ1n) is 9.35. The smallest absolute Gasteiger partial charge is 0.397 e. The van der Waals surface area contributed by atoms with E-state index in [1.54, 1.807) is 0 Å². The summed E-state index contributed by atoms with van der Waals surface area (Å²) in [6.45, 7) is -0.677. The predicted molar refractivity (Wildman–Crippen MR) is 98.5 cm³/mol. The van der Waals surface area contributed by atoms with Gasteiger partial charge < -0.3 is 45.5 Å². The Balaban J connectivity index is 1.84. The van der Waals surface area contributed by atoms with Gasteiger partial charge in [0.15, 0.2) is 6.29 Å². The predicted octanol–water partition coefficient (Wildman–Crippen LogP) is -3.29. The minimum absolute atomic E-state index is 0.00325. The van der Waals surface area contributed by atoms with Crippen molar-refractivity contribution in [1.29, 1.82) is 0 Å². The molecule has 2 heterocycles. The second-order valence-corrected chi connectivity index (χ2v) is 8.26. The average molecular weight is 473 g/mol. The lowest BCUT2D eigenvalue weighted by Gasteiger charge is -2.41. The van der Waals surface area contributed by atoms with Crippen molar-refractivity contribution in [3.05, 3.63) is 11.8 Å². The van der Waals surface area contributed by atoms with E-state index in [1.807, 2.05) is 0 Å². The number of carboxylic acids is 1. The molecule has 1 saturated heterocycles. The number of hydrogen-bond donors (Lipinski definition) is 7. The first-order valence-corrected chi connectivity index (χ1v) is 10.7. The first-order chi connectivity index (χ1) is 14.4. The third kappa shape index (κ3) is 7.31. The summed E-state index contributed by atoms with van der Waals surface area (Å²) in [5.41, 5.74) is 5.65. The van der Waals surface area contributed by atoms with Crippen molar-refractivity contribution in [1.82, 2.24) is 0 Å². The van der Waals surface area contributed by atoms with Crippen LogP contribution in [0.1, 0.15) is 12.8 Å². The molecular weight excluding hydrogens is 446 g/mol. The zero-order chi connectivity index (χ0) is 23.3.